The Morgan fingerprint density at radius 2 is 1.85 bits per heavy atom. The molecule has 0 fully saturated rings. The maximum atomic E-state index is 11.1. The van der Waals surface area contributed by atoms with Crippen LogP contribution in [0.2, 0.25) is 5.02 Å². The summed E-state index contributed by atoms with van der Waals surface area (Å²) in [6.45, 7) is 0. The molecule has 0 radical (unpaired) electrons. The van der Waals surface area contributed by atoms with Crippen molar-refractivity contribution >= 4 is 38.7 Å². The Morgan fingerprint density at radius 1 is 1.07 bits per heavy atom. The van der Waals surface area contributed by atoms with Gasteiger partial charge in [0, 0.05) is 16.8 Å². The number of benzene rings is 1. The first-order valence-corrected chi connectivity index (χ1v) is 10.2. The summed E-state index contributed by atoms with van der Waals surface area (Å²) in [5, 5.41) is 4.87. The van der Waals surface area contributed by atoms with Gasteiger partial charge in [-0.3, -0.25) is 4.55 Å². The molecular formula is C18H10ClN3O3S2. The highest BCUT2D eigenvalue weighted by Crippen LogP contribution is 2.22. The number of fused-ring (bicyclic) bond motifs is 1. The molecule has 0 aliphatic carbocycles. The first-order valence-electron chi connectivity index (χ1n) is 7.60. The Labute approximate surface area is 163 Å². The standard InChI is InChI=1S/C18H10ClN3O3S2/c19-14-4-1-12(2-5-14)16-9-10-22-18(21-16)13(11-20-22)3-6-15-7-8-17(26-15)27(23,24)25/h1-2,4-5,7-11H,(H,23,24,25). The predicted octanol–water partition coefficient (Wildman–Crippen LogP) is 3.76. The molecule has 4 aromatic rings. The molecule has 0 saturated heterocycles. The monoisotopic (exact) mass is 415 g/mol. The number of nitrogens with zero attached hydrogens (tertiary/aromatic N) is 3. The Bertz CT molecular complexity index is 1310. The number of aromatic nitrogens is 3. The van der Waals surface area contributed by atoms with Crippen LogP contribution < -0.4 is 0 Å². The molecule has 0 saturated carbocycles. The van der Waals surface area contributed by atoms with Crippen LogP contribution in [0.25, 0.3) is 16.9 Å². The van der Waals surface area contributed by atoms with Crippen LogP contribution in [0, 0.1) is 11.8 Å². The molecular weight excluding hydrogens is 406 g/mol. The fraction of sp³-hybridized carbons (Fsp3) is 0. The maximum absolute atomic E-state index is 11.1. The summed E-state index contributed by atoms with van der Waals surface area (Å²) in [5.41, 5.74) is 2.86. The van der Waals surface area contributed by atoms with E-state index in [2.05, 4.69) is 21.9 Å². The molecule has 9 heteroatoms. The molecule has 3 heterocycles. The fourth-order valence-corrected chi connectivity index (χ4v) is 4.04. The second-order valence-electron chi connectivity index (χ2n) is 5.49. The summed E-state index contributed by atoms with van der Waals surface area (Å²) >= 11 is 6.82. The van der Waals surface area contributed by atoms with Crippen LogP contribution in [0.1, 0.15) is 10.4 Å². The summed E-state index contributed by atoms with van der Waals surface area (Å²) < 4.78 is 32.8. The Kier molecular flexibility index (Phi) is 4.45. The number of hydrogen-bond donors (Lipinski definition) is 1. The van der Waals surface area contributed by atoms with E-state index in [4.69, 9.17) is 16.2 Å². The summed E-state index contributed by atoms with van der Waals surface area (Å²) in [4.78, 5) is 5.12. The normalized spacial score (nSPS) is 11.3. The van der Waals surface area contributed by atoms with Crippen LogP contribution in [0.5, 0.6) is 0 Å². The average Bonchev–Trinajstić information content (AvgIpc) is 3.27. The van der Waals surface area contributed by atoms with Gasteiger partial charge in [-0.1, -0.05) is 35.6 Å². The number of thiophene rings is 1. The third kappa shape index (κ3) is 3.72. The quantitative estimate of drug-likeness (QED) is 0.398. The molecule has 1 N–H and O–H groups in total. The van der Waals surface area contributed by atoms with Crippen LogP contribution in [-0.2, 0) is 10.1 Å². The zero-order valence-electron chi connectivity index (χ0n) is 13.5. The van der Waals surface area contributed by atoms with E-state index in [1.807, 2.05) is 18.2 Å². The lowest BCUT2D eigenvalue weighted by molar-refractivity contribution is 0.485. The number of hydrogen-bond acceptors (Lipinski definition) is 5. The zero-order valence-corrected chi connectivity index (χ0v) is 15.9. The van der Waals surface area contributed by atoms with E-state index in [0.29, 0.717) is 21.1 Å². The van der Waals surface area contributed by atoms with Gasteiger partial charge in [-0.15, -0.1) is 11.3 Å². The van der Waals surface area contributed by atoms with E-state index in [0.717, 1.165) is 22.6 Å². The summed E-state index contributed by atoms with van der Waals surface area (Å²) in [6, 6.07) is 12.1. The largest absolute Gasteiger partial charge is 0.304 e. The summed E-state index contributed by atoms with van der Waals surface area (Å²) in [7, 11) is -4.22. The van der Waals surface area contributed by atoms with Crippen LogP contribution in [0.3, 0.4) is 0 Å². The first kappa shape index (κ1) is 17.7. The van der Waals surface area contributed by atoms with Crippen molar-refractivity contribution < 1.29 is 13.0 Å². The van der Waals surface area contributed by atoms with E-state index in [9.17, 15) is 8.42 Å². The van der Waals surface area contributed by atoms with Gasteiger partial charge >= 0.3 is 10.1 Å². The van der Waals surface area contributed by atoms with Gasteiger partial charge in [-0.05, 0) is 30.3 Å². The lowest BCUT2D eigenvalue weighted by atomic mass is 10.1. The van der Waals surface area contributed by atoms with Crippen molar-refractivity contribution in [2.45, 2.75) is 4.21 Å². The average molecular weight is 416 g/mol. The van der Waals surface area contributed by atoms with E-state index < -0.39 is 10.1 Å². The highest BCUT2D eigenvalue weighted by Gasteiger charge is 2.12. The molecule has 0 aliphatic heterocycles. The Morgan fingerprint density at radius 3 is 2.56 bits per heavy atom. The minimum atomic E-state index is -4.22. The highest BCUT2D eigenvalue weighted by atomic mass is 35.5. The minimum Gasteiger partial charge on any atom is -0.281 e. The molecule has 1 aromatic carbocycles. The van der Waals surface area contributed by atoms with E-state index >= 15 is 0 Å². The molecule has 134 valence electrons. The molecule has 27 heavy (non-hydrogen) atoms. The van der Waals surface area contributed by atoms with Gasteiger partial charge in [0.1, 0.15) is 4.21 Å². The van der Waals surface area contributed by atoms with Gasteiger partial charge in [-0.2, -0.15) is 13.5 Å². The van der Waals surface area contributed by atoms with Crippen LogP contribution in [0.4, 0.5) is 0 Å². The van der Waals surface area contributed by atoms with Gasteiger partial charge in [-0.25, -0.2) is 9.50 Å². The lowest BCUT2D eigenvalue weighted by Crippen LogP contribution is -1.93. The topological polar surface area (TPSA) is 84.6 Å². The predicted molar refractivity (Wildman–Crippen MR) is 104 cm³/mol. The van der Waals surface area contributed by atoms with Crippen molar-refractivity contribution in [2.24, 2.45) is 0 Å². The van der Waals surface area contributed by atoms with Gasteiger partial charge < -0.3 is 0 Å². The van der Waals surface area contributed by atoms with Crippen molar-refractivity contribution in [3.8, 4) is 23.1 Å². The molecule has 0 spiro atoms. The van der Waals surface area contributed by atoms with Gasteiger partial charge in [0.05, 0.1) is 22.3 Å². The molecule has 0 aliphatic rings. The third-order valence-corrected chi connectivity index (χ3v) is 6.24. The van der Waals surface area contributed by atoms with Crippen LogP contribution in [-0.4, -0.2) is 27.6 Å². The zero-order chi connectivity index (χ0) is 19.0. The van der Waals surface area contributed by atoms with Gasteiger partial charge in [0.25, 0.3) is 0 Å². The molecule has 6 nitrogen and oxygen atoms in total. The highest BCUT2D eigenvalue weighted by molar-refractivity contribution is 7.88. The summed E-state index contributed by atoms with van der Waals surface area (Å²) in [6.07, 6.45) is 3.39. The lowest BCUT2D eigenvalue weighted by Gasteiger charge is -2.02. The van der Waals surface area contributed by atoms with Crippen molar-refractivity contribution in [1.29, 1.82) is 0 Å². The maximum Gasteiger partial charge on any atom is 0.304 e. The van der Waals surface area contributed by atoms with E-state index in [1.165, 1.54) is 6.07 Å². The number of rotatable bonds is 2. The van der Waals surface area contributed by atoms with Gasteiger partial charge in [0.15, 0.2) is 5.65 Å². The molecule has 0 amide bonds. The Hall–Kier alpha value is -2.70. The van der Waals surface area contributed by atoms with Crippen molar-refractivity contribution in [1.82, 2.24) is 14.6 Å². The van der Waals surface area contributed by atoms with Crippen LogP contribution in [0.15, 0.2) is 59.1 Å². The van der Waals surface area contributed by atoms with Crippen molar-refractivity contribution in [3.05, 3.63) is 70.3 Å². The molecule has 0 atom stereocenters. The smallest absolute Gasteiger partial charge is 0.281 e. The number of halogens is 1. The van der Waals surface area contributed by atoms with E-state index in [1.54, 1.807) is 35.1 Å². The fourth-order valence-electron chi connectivity index (χ4n) is 2.39. The van der Waals surface area contributed by atoms with Crippen molar-refractivity contribution in [2.75, 3.05) is 0 Å². The molecule has 4 rings (SSSR count). The molecule has 0 unspecified atom stereocenters. The second-order valence-corrected chi connectivity index (χ2v) is 8.66. The SMILES string of the molecule is O=S(=O)(O)c1ccc(C#Cc2cnn3ccc(-c4ccc(Cl)cc4)nc23)s1. The van der Waals surface area contributed by atoms with Gasteiger partial charge in [0.2, 0.25) is 0 Å². The minimum absolute atomic E-state index is 0.144. The van der Waals surface area contributed by atoms with E-state index in [-0.39, 0.29) is 4.21 Å². The first-order chi connectivity index (χ1) is 12.9. The summed E-state index contributed by atoms with van der Waals surface area (Å²) in [5.74, 6) is 5.83. The van der Waals surface area contributed by atoms with Crippen LogP contribution >= 0.6 is 22.9 Å². The molecule has 3 aromatic heterocycles. The second kappa shape index (κ2) is 6.79. The third-order valence-electron chi connectivity index (χ3n) is 3.67. The van der Waals surface area contributed by atoms with Crippen molar-refractivity contribution in [3.63, 3.8) is 0 Å². The Balaban J connectivity index is 1.72. The molecule has 0 bridgehead atoms.